The Hall–Kier alpha value is -2.74. The molecular weight excluding hydrogens is 342 g/mol. The highest BCUT2D eigenvalue weighted by atomic mass is 16.2. The molecule has 3 aromatic rings. The summed E-state index contributed by atoms with van der Waals surface area (Å²) < 4.78 is 3.82. The summed E-state index contributed by atoms with van der Waals surface area (Å²) in [4.78, 5) is 14.5. The van der Waals surface area contributed by atoms with E-state index in [1.165, 1.54) is 23.7 Å². The summed E-state index contributed by atoms with van der Waals surface area (Å²) in [6, 6.07) is 10.4. The van der Waals surface area contributed by atoms with Crippen molar-refractivity contribution in [2.24, 2.45) is 0 Å². The fourth-order valence-corrected chi connectivity index (χ4v) is 3.60. The molecule has 0 atom stereocenters. The second kappa shape index (κ2) is 8.30. The number of amides is 1. The van der Waals surface area contributed by atoms with E-state index in [0.717, 1.165) is 31.9 Å². The Morgan fingerprint density at radius 1 is 1.15 bits per heavy atom. The zero-order valence-corrected chi connectivity index (χ0v) is 15.4. The van der Waals surface area contributed by atoms with Gasteiger partial charge in [-0.15, -0.1) is 5.10 Å². The van der Waals surface area contributed by atoms with Crippen molar-refractivity contribution in [3.8, 4) is 0 Å². The summed E-state index contributed by atoms with van der Waals surface area (Å²) >= 11 is 0. The van der Waals surface area contributed by atoms with Crippen molar-refractivity contribution < 1.29 is 4.79 Å². The topological polar surface area (TPSA) is 80.9 Å². The van der Waals surface area contributed by atoms with E-state index in [-0.39, 0.29) is 12.5 Å². The summed E-state index contributed by atoms with van der Waals surface area (Å²) in [5.41, 5.74) is 1.23. The second-order valence-corrected chi connectivity index (χ2v) is 7.01. The van der Waals surface area contributed by atoms with Gasteiger partial charge in [-0.3, -0.25) is 9.69 Å². The summed E-state index contributed by atoms with van der Waals surface area (Å²) in [5.74, 6) is 0.702. The molecule has 0 spiro atoms. The number of nitrogens with zero attached hydrogens (tertiary/aromatic N) is 6. The number of nitrogens with one attached hydrogen (secondary N) is 1. The predicted octanol–water partition coefficient (Wildman–Crippen LogP) is 1.43. The van der Waals surface area contributed by atoms with Crippen molar-refractivity contribution in [1.82, 2.24) is 35.0 Å². The van der Waals surface area contributed by atoms with E-state index in [9.17, 15) is 4.79 Å². The van der Waals surface area contributed by atoms with Crippen LogP contribution in [0.2, 0.25) is 0 Å². The number of para-hydroxylation sites is 1. The van der Waals surface area contributed by atoms with Gasteiger partial charge in [-0.2, -0.15) is 0 Å². The molecule has 1 saturated heterocycles. The first-order valence-corrected chi connectivity index (χ1v) is 9.57. The van der Waals surface area contributed by atoms with Crippen LogP contribution in [0.3, 0.4) is 0 Å². The number of hydrogen-bond acceptors (Lipinski definition) is 5. The van der Waals surface area contributed by atoms with Crippen LogP contribution in [0.1, 0.15) is 25.1 Å². The highest BCUT2D eigenvalue weighted by Crippen LogP contribution is 2.15. The van der Waals surface area contributed by atoms with Crippen LogP contribution in [0, 0.1) is 0 Å². The van der Waals surface area contributed by atoms with Crippen LogP contribution in [0.15, 0.2) is 36.5 Å². The maximum atomic E-state index is 12.2. The van der Waals surface area contributed by atoms with Gasteiger partial charge in [-0.1, -0.05) is 18.2 Å². The largest absolute Gasteiger partial charge is 0.354 e. The lowest BCUT2D eigenvalue weighted by Gasteiger charge is -2.13. The molecule has 0 bridgehead atoms. The summed E-state index contributed by atoms with van der Waals surface area (Å²) in [5, 5.41) is 16.0. The molecule has 1 amide bonds. The van der Waals surface area contributed by atoms with Crippen LogP contribution in [-0.2, 0) is 24.4 Å². The number of likely N-dealkylation sites (tertiary alicyclic amines) is 1. The van der Waals surface area contributed by atoms with E-state index in [2.05, 4.69) is 54.7 Å². The standard InChI is InChI=1S/C19H25N7O/c27-19(15-26-18(21-22-23-26)14-24-10-3-4-11-24)20-9-5-12-25-13-8-16-6-1-2-7-17(16)25/h1-2,6-8,13H,3-5,9-12,14-15H2,(H,20,27). The molecule has 1 aromatic carbocycles. The Morgan fingerprint density at radius 3 is 2.89 bits per heavy atom. The van der Waals surface area contributed by atoms with E-state index in [1.807, 2.05) is 12.1 Å². The maximum Gasteiger partial charge on any atom is 0.241 e. The van der Waals surface area contributed by atoms with Gasteiger partial charge in [0.25, 0.3) is 0 Å². The lowest BCUT2D eigenvalue weighted by Crippen LogP contribution is -2.31. The minimum Gasteiger partial charge on any atom is -0.354 e. The van der Waals surface area contributed by atoms with Crippen molar-refractivity contribution in [2.75, 3.05) is 19.6 Å². The molecule has 0 saturated carbocycles. The highest BCUT2D eigenvalue weighted by Gasteiger charge is 2.17. The minimum absolute atomic E-state index is 0.0534. The van der Waals surface area contributed by atoms with Gasteiger partial charge >= 0.3 is 0 Å². The van der Waals surface area contributed by atoms with E-state index in [0.29, 0.717) is 13.1 Å². The van der Waals surface area contributed by atoms with Gasteiger partial charge in [-0.25, -0.2) is 4.68 Å². The monoisotopic (exact) mass is 367 g/mol. The van der Waals surface area contributed by atoms with Crippen molar-refractivity contribution in [2.45, 2.75) is 38.9 Å². The minimum atomic E-state index is -0.0534. The SMILES string of the molecule is O=C(Cn1nnnc1CN1CCCC1)NCCCn1ccc2ccccc21. The number of tetrazole rings is 1. The molecule has 8 heteroatoms. The number of fused-ring (bicyclic) bond motifs is 1. The molecule has 27 heavy (non-hydrogen) atoms. The Morgan fingerprint density at radius 2 is 2.00 bits per heavy atom. The lowest BCUT2D eigenvalue weighted by atomic mass is 10.2. The van der Waals surface area contributed by atoms with Gasteiger partial charge in [0.05, 0.1) is 6.54 Å². The van der Waals surface area contributed by atoms with Gasteiger partial charge in [0.2, 0.25) is 5.91 Å². The van der Waals surface area contributed by atoms with Gasteiger partial charge < -0.3 is 9.88 Å². The predicted molar refractivity (Wildman–Crippen MR) is 102 cm³/mol. The van der Waals surface area contributed by atoms with Crippen LogP contribution in [-0.4, -0.2) is 55.2 Å². The van der Waals surface area contributed by atoms with Gasteiger partial charge in [-0.05, 0) is 60.3 Å². The third-order valence-electron chi connectivity index (χ3n) is 5.04. The molecule has 0 aliphatic carbocycles. The van der Waals surface area contributed by atoms with Gasteiger partial charge in [0, 0.05) is 24.8 Å². The number of aromatic nitrogens is 5. The third kappa shape index (κ3) is 4.33. The van der Waals surface area contributed by atoms with Crippen LogP contribution in [0.25, 0.3) is 10.9 Å². The maximum absolute atomic E-state index is 12.2. The Balaban J connectivity index is 1.23. The average Bonchev–Trinajstić information content (AvgIpc) is 3.42. The molecule has 1 fully saturated rings. The molecule has 1 aliphatic heterocycles. The highest BCUT2D eigenvalue weighted by molar-refractivity contribution is 5.79. The molecule has 1 N–H and O–H groups in total. The number of rotatable bonds is 8. The zero-order chi connectivity index (χ0) is 18.5. The fraction of sp³-hybridized carbons (Fsp3) is 0.474. The Kier molecular flexibility index (Phi) is 5.43. The van der Waals surface area contributed by atoms with Crippen LogP contribution >= 0.6 is 0 Å². The lowest BCUT2D eigenvalue weighted by molar-refractivity contribution is -0.121. The normalized spacial score (nSPS) is 14.8. The second-order valence-electron chi connectivity index (χ2n) is 7.01. The number of carbonyl (C=O) groups is 1. The smallest absolute Gasteiger partial charge is 0.241 e. The first-order valence-electron chi connectivity index (χ1n) is 9.57. The Bertz CT molecular complexity index is 894. The first kappa shape index (κ1) is 17.7. The summed E-state index contributed by atoms with van der Waals surface area (Å²) in [6.45, 7) is 4.54. The average molecular weight is 367 g/mol. The Labute approximate surface area is 158 Å². The van der Waals surface area contributed by atoms with E-state index >= 15 is 0 Å². The number of carbonyl (C=O) groups excluding carboxylic acids is 1. The molecule has 2 aromatic heterocycles. The van der Waals surface area contributed by atoms with Crippen LogP contribution in [0.4, 0.5) is 0 Å². The molecular formula is C19H25N7O. The van der Waals surface area contributed by atoms with Gasteiger partial charge in [0.1, 0.15) is 6.54 Å². The fourth-order valence-electron chi connectivity index (χ4n) is 3.60. The van der Waals surface area contributed by atoms with Crippen molar-refractivity contribution >= 4 is 16.8 Å². The van der Waals surface area contributed by atoms with Crippen LogP contribution in [0.5, 0.6) is 0 Å². The van der Waals surface area contributed by atoms with Crippen molar-refractivity contribution in [1.29, 1.82) is 0 Å². The van der Waals surface area contributed by atoms with Gasteiger partial charge in [0.15, 0.2) is 5.82 Å². The molecule has 1 aliphatic rings. The molecule has 0 unspecified atom stereocenters. The van der Waals surface area contributed by atoms with Crippen molar-refractivity contribution in [3.05, 3.63) is 42.4 Å². The third-order valence-corrected chi connectivity index (χ3v) is 5.04. The van der Waals surface area contributed by atoms with E-state index in [4.69, 9.17) is 0 Å². The number of aryl methyl sites for hydroxylation is 1. The summed E-state index contributed by atoms with van der Waals surface area (Å²) in [7, 11) is 0. The number of hydrogen-bond donors (Lipinski definition) is 1. The molecule has 8 nitrogen and oxygen atoms in total. The van der Waals surface area contributed by atoms with Crippen molar-refractivity contribution in [3.63, 3.8) is 0 Å². The molecule has 4 rings (SSSR count). The van der Waals surface area contributed by atoms with Crippen LogP contribution < -0.4 is 5.32 Å². The molecule has 142 valence electrons. The molecule has 0 radical (unpaired) electrons. The summed E-state index contributed by atoms with van der Waals surface area (Å²) in [6.07, 6.45) is 5.41. The first-order chi connectivity index (χ1) is 13.3. The zero-order valence-electron chi connectivity index (χ0n) is 15.4. The van der Waals surface area contributed by atoms with E-state index < -0.39 is 0 Å². The quantitative estimate of drug-likeness (QED) is 0.609. The van der Waals surface area contributed by atoms with E-state index in [1.54, 1.807) is 4.68 Å². The molecule has 3 heterocycles. The number of benzene rings is 1.